The number of ether oxygens (including phenoxy) is 2. The maximum atomic E-state index is 12.4. The molecule has 0 aliphatic carbocycles. The van der Waals surface area contributed by atoms with E-state index >= 15 is 0 Å². The lowest BCUT2D eigenvalue weighted by Crippen LogP contribution is -2.42. The fraction of sp³-hybridized carbons (Fsp3) is 0.267. The minimum Gasteiger partial charge on any atom is -0.496 e. The predicted molar refractivity (Wildman–Crippen MR) is 87.3 cm³/mol. The zero-order chi connectivity index (χ0) is 17.1. The Morgan fingerprint density at radius 1 is 1.35 bits per heavy atom. The number of hydrogen-bond acceptors (Lipinski definition) is 6. The first kappa shape index (κ1) is 17.4. The molecule has 2 rings (SSSR count). The van der Waals surface area contributed by atoms with Gasteiger partial charge in [0, 0.05) is 10.6 Å². The number of imide groups is 1. The van der Waals surface area contributed by atoms with Crippen LogP contribution in [-0.2, 0) is 14.3 Å². The first-order valence-corrected chi connectivity index (χ1v) is 7.77. The van der Waals surface area contributed by atoms with Crippen LogP contribution in [0.3, 0.4) is 0 Å². The maximum absolute atomic E-state index is 12.4. The summed E-state index contributed by atoms with van der Waals surface area (Å²) >= 11 is 6.70. The molecule has 1 heterocycles. The molecule has 1 atom stereocenters. The largest absolute Gasteiger partial charge is 0.496 e. The van der Waals surface area contributed by atoms with E-state index in [1.807, 2.05) is 0 Å². The van der Waals surface area contributed by atoms with E-state index in [0.29, 0.717) is 16.3 Å². The summed E-state index contributed by atoms with van der Waals surface area (Å²) in [4.78, 5) is 37.1. The summed E-state index contributed by atoms with van der Waals surface area (Å²) in [7, 11) is 2.69. The third-order valence-corrected chi connectivity index (χ3v) is 4.35. The SMILES string of the molecule is COC(=O)[C@@H](C)N1C(=O)S/C(=C/c2cc(Cl)ccc2OC)C1=O. The number of carbonyl (C=O) groups excluding carboxylic acids is 3. The quantitative estimate of drug-likeness (QED) is 0.610. The molecule has 1 aromatic rings. The van der Waals surface area contributed by atoms with Crippen molar-refractivity contribution in [3.8, 4) is 5.75 Å². The van der Waals surface area contributed by atoms with E-state index in [4.69, 9.17) is 16.3 Å². The second-order valence-corrected chi connectivity index (χ2v) is 6.07. The van der Waals surface area contributed by atoms with Crippen LogP contribution >= 0.6 is 23.4 Å². The van der Waals surface area contributed by atoms with Gasteiger partial charge in [0.05, 0.1) is 19.1 Å². The van der Waals surface area contributed by atoms with Crippen molar-refractivity contribution in [2.24, 2.45) is 0 Å². The van der Waals surface area contributed by atoms with Crippen LogP contribution in [0.5, 0.6) is 5.75 Å². The van der Waals surface area contributed by atoms with Crippen LogP contribution in [-0.4, -0.2) is 42.3 Å². The zero-order valence-corrected chi connectivity index (χ0v) is 14.2. The molecular formula is C15H14ClNO5S. The number of amides is 2. The van der Waals surface area contributed by atoms with Gasteiger partial charge >= 0.3 is 5.97 Å². The zero-order valence-electron chi connectivity index (χ0n) is 12.7. The molecule has 1 fully saturated rings. The molecule has 1 aliphatic rings. The average molecular weight is 356 g/mol. The van der Waals surface area contributed by atoms with Gasteiger partial charge in [0.25, 0.3) is 11.1 Å². The van der Waals surface area contributed by atoms with Crippen LogP contribution in [0.1, 0.15) is 12.5 Å². The van der Waals surface area contributed by atoms with Crippen LogP contribution in [0.25, 0.3) is 6.08 Å². The normalized spacial score (nSPS) is 17.6. The molecule has 2 amide bonds. The van der Waals surface area contributed by atoms with Crippen LogP contribution < -0.4 is 4.74 Å². The van der Waals surface area contributed by atoms with E-state index in [0.717, 1.165) is 16.7 Å². The second-order valence-electron chi connectivity index (χ2n) is 4.64. The summed E-state index contributed by atoms with van der Waals surface area (Å²) in [5.41, 5.74) is 0.566. The predicted octanol–water partition coefficient (Wildman–Crippen LogP) is 2.95. The van der Waals surface area contributed by atoms with Gasteiger partial charge in [-0.2, -0.15) is 0 Å². The Morgan fingerprint density at radius 2 is 2.04 bits per heavy atom. The minimum atomic E-state index is -0.986. The molecule has 122 valence electrons. The molecule has 0 aromatic heterocycles. The molecule has 1 aliphatic heterocycles. The molecule has 1 saturated heterocycles. The number of rotatable bonds is 4. The molecule has 1 aromatic carbocycles. The topological polar surface area (TPSA) is 72.9 Å². The van der Waals surface area contributed by atoms with E-state index in [1.165, 1.54) is 27.2 Å². The summed E-state index contributed by atoms with van der Waals surface area (Å²) in [6.45, 7) is 1.44. The van der Waals surface area contributed by atoms with Crippen molar-refractivity contribution in [1.82, 2.24) is 4.90 Å². The van der Waals surface area contributed by atoms with Gasteiger partial charge in [0.15, 0.2) is 0 Å². The van der Waals surface area contributed by atoms with Crippen LogP contribution in [0.2, 0.25) is 5.02 Å². The van der Waals surface area contributed by atoms with Gasteiger partial charge in [-0.1, -0.05) is 11.6 Å². The minimum absolute atomic E-state index is 0.186. The van der Waals surface area contributed by atoms with Gasteiger partial charge < -0.3 is 9.47 Å². The highest BCUT2D eigenvalue weighted by Gasteiger charge is 2.41. The molecule has 0 bridgehead atoms. The number of methoxy groups -OCH3 is 2. The van der Waals surface area contributed by atoms with Crippen molar-refractivity contribution < 1.29 is 23.9 Å². The third kappa shape index (κ3) is 3.51. The molecule has 0 saturated carbocycles. The molecular weight excluding hydrogens is 342 g/mol. The fourth-order valence-electron chi connectivity index (χ4n) is 2.05. The number of benzene rings is 1. The van der Waals surface area contributed by atoms with Gasteiger partial charge in [0.2, 0.25) is 0 Å². The lowest BCUT2D eigenvalue weighted by molar-refractivity contribution is -0.148. The van der Waals surface area contributed by atoms with Crippen molar-refractivity contribution >= 4 is 46.6 Å². The Hall–Kier alpha value is -1.99. The first-order valence-electron chi connectivity index (χ1n) is 6.57. The van der Waals surface area contributed by atoms with E-state index < -0.39 is 23.2 Å². The summed E-state index contributed by atoms with van der Waals surface area (Å²) < 4.78 is 9.78. The van der Waals surface area contributed by atoms with Crippen molar-refractivity contribution in [3.05, 3.63) is 33.7 Å². The molecule has 0 radical (unpaired) electrons. The number of halogens is 1. The standard InChI is InChI=1S/C15H14ClNO5S/c1-8(14(19)22-3)17-13(18)12(23-15(17)20)7-9-6-10(16)4-5-11(9)21-2/h4-8H,1-3H3/b12-7+/t8-/m1/s1. The molecule has 0 N–H and O–H groups in total. The van der Waals surface area contributed by atoms with Gasteiger partial charge in [-0.25, -0.2) is 4.79 Å². The van der Waals surface area contributed by atoms with Crippen molar-refractivity contribution in [2.45, 2.75) is 13.0 Å². The van der Waals surface area contributed by atoms with Gasteiger partial charge in [-0.05, 0) is 43.0 Å². The summed E-state index contributed by atoms with van der Waals surface area (Å²) in [5, 5.41) is -0.0562. The lowest BCUT2D eigenvalue weighted by Gasteiger charge is -2.18. The van der Waals surface area contributed by atoms with E-state index in [1.54, 1.807) is 18.2 Å². The number of hydrogen-bond donors (Lipinski definition) is 0. The summed E-state index contributed by atoms with van der Waals surface area (Å²) in [6.07, 6.45) is 1.51. The third-order valence-electron chi connectivity index (χ3n) is 3.23. The summed E-state index contributed by atoms with van der Waals surface area (Å²) in [5.74, 6) is -0.698. The molecule has 8 heteroatoms. The lowest BCUT2D eigenvalue weighted by atomic mass is 10.1. The van der Waals surface area contributed by atoms with Gasteiger partial charge in [0.1, 0.15) is 11.8 Å². The Balaban J connectivity index is 2.36. The number of nitrogens with zero attached hydrogens (tertiary/aromatic N) is 1. The Morgan fingerprint density at radius 3 is 2.65 bits per heavy atom. The van der Waals surface area contributed by atoms with E-state index in [9.17, 15) is 14.4 Å². The molecule has 0 spiro atoms. The molecule has 6 nitrogen and oxygen atoms in total. The summed E-state index contributed by atoms with van der Waals surface area (Å²) in [6, 6.07) is 3.95. The number of carbonyl (C=O) groups is 3. The Kier molecular flexibility index (Phi) is 5.33. The van der Waals surface area contributed by atoms with Crippen molar-refractivity contribution in [3.63, 3.8) is 0 Å². The van der Waals surface area contributed by atoms with E-state index in [2.05, 4.69) is 4.74 Å². The number of thioether (sulfide) groups is 1. The van der Waals surface area contributed by atoms with Crippen LogP contribution in [0, 0.1) is 0 Å². The smallest absolute Gasteiger partial charge is 0.328 e. The molecule has 0 unspecified atom stereocenters. The van der Waals surface area contributed by atoms with Gasteiger partial charge in [-0.15, -0.1) is 0 Å². The Bertz CT molecular complexity index is 703. The second kappa shape index (κ2) is 7.06. The highest BCUT2D eigenvalue weighted by molar-refractivity contribution is 8.18. The van der Waals surface area contributed by atoms with E-state index in [-0.39, 0.29) is 4.91 Å². The average Bonchev–Trinajstić information content (AvgIpc) is 2.80. The van der Waals surface area contributed by atoms with Crippen molar-refractivity contribution in [1.29, 1.82) is 0 Å². The van der Waals surface area contributed by atoms with Gasteiger partial charge in [-0.3, -0.25) is 14.5 Å². The highest BCUT2D eigenvalue weighted by atomic mass is 35.5. The Labute approximate surface area is 142 Å². The van der Waals surface area contributed by atoms with Crippen LogP contribution in [0.4, 0.5) is 4.79 Å². The highest BCUT2D eigenvalue weighted by Crippen LogP contribution is 2.35. The maximum Gasteiger partial charge on any atom is 0.328 e. The van der Waals surface area contributed by atoms with Crippen LogP contribution in [0.15, 0.2) is 23.1 Å². The number of esters is 1. The first-order chi connectivity index (χ1) is 10.9. The van der Waals surface area contributed by atoms with Crippen molar-refractivity contribution in [2.75, 3.05) is 14.2 Å². The fourth-order valence-corrected chi connectivity index (χ4v) is 3.13. The monoisotopic (exact) mass is 355 g/mol. The molecule has 23 heavy (non-hydrogen) atoms.